The molecule has 1 unspecified atom stereocenters. The second-order valence-electron chi connectivity index (χ2n) is 3.68. The zero-order valence-corrected chi connectivity index (χ0v) is 11.0. The van der Waals surface area contributed by atoms with Crippen molar-refractivity contribution in [1.29, 1.82) is 0 Å². The van der Waals surface area contributed by atoms with Crippen molar-refractivity contribution in [2.45, 2.75) is 25.8 Å². The van der Waals surface area contributed by atoms with E-state index in [9.17, 15) is 9.59 Å². The summed E-state index contributed by atoms with van der Waals surface area (Å²) >= 11 is 5.80. The first-order valence-corrected chi connectivity index (χ1v) is 5.97. The number of nitrogens with one attached hydrogen (secondary N) is 1. The minimum absolute atomic E-state index is 0.107. The third-order valence-electron chi connectivity index (χ3n) is 2.37. The third-order valence-corrected chi connectivity index (χ3v) is 2.67. The standard InChI is InChI=1S/C12H15ClN2O3/c1-3-5-9(12(17)18-2)15-11(16)8-6-4-7-14-10(8)13/h4,6-7,9H,3,5H2,1-2H3,(H,15,16). The SMILES string of the molecule is CCCC(NC(=O)c1cccnc1Cl)C(=O)OC. The Labute approximate surface area is 110 Å². The molecule has 0 fully saturated rings. The predicted octanol–water partition coefficient (Wildman–Crippen LogP) is 1.81. The lowest BCUT2D eigenvalue weighted by atomic mass is 10.1. The van der Waals surface area contributed by atoms with Crippen molar-refractivity contribution in [2.24, 2.45) is 0 Å². The molecule has 0 aliphatic rings. The molecule has 0 spiro atoms. The number of hydrogen-bond donors (Lipinski definition) is 1. The summed E-state index contributed by atoms with van der Waals surface area (Å²) in [6, 6.07) is 2.49. The lowest BCUT2D eigenvalue weighted by molar-refractivity contribution is -0.143. The molecular weight excluding hydrogens is 256 g/mol. The first kappa shape index (κ1) is 14.4. The van der Waals surface area contributed by atoms with Gasteiger partial charge in [0.1, 0.15) is 11.2 Å². The molecule has 1 rings (SSSR count). The molecule has 1 aromatic rings. The highest BCUT2D eigenvalue weighted by molar-refractivity contribution is 6.32. The molecule has 5 nitrogen and oxygen atoms in total. The van der Waals surface area contributed by atoms with Crippen molar-refractivity contribution in [1.82, 2.24) is 10.3 Å². The highest BCUT2D eigenvalue weighted by Crippen LogP contribution is 2.12. The number of nitrogens with zero attached hydrogens (tertiary/aromatic N) is 1. The summed E-state index contributed by atoms with van der Waals surface area (Å²) in [7, 11) is 1.29. The molecular formula is C12H15ClN2O3. The zero-order valence-electron chi connectivity index (χ0n) is 10.3. The van der Waals surface area contributed by atoms with Gasteiger partial charge >= 0.3 is 5.97 Å². The van der Waals surface area contributed by atoms with Crippen molar-refractivity contribution in [3.8, 4) is 0 Å². The number of methoxy groups -OCH3 is 1. The fraction of sp³-hybridized carbons (Fsp3) is 0.417. The van der Waals surface area contributed by atoms with E-state index >= 15 is 0 Å². The number of rotatable bonds is 5. The molecule has 0 aliphatic carbocycles. The quantitative estimate of drug-likeness (QED) is 0.654. The van der Waals surface area contributed by atoms with Gasteiger partial charge in [0.05, 0.1) is 12.7 Å². The lowest BCUT2D eigenvalue weighted by Crippen LogP contribution is -2.41. The molecule has 1 heterocycles. The van der Waals surface area contributed by atoms with Gasteiger partial charge in [0.2, 0.25) is 0 Å². The van der Waals surface area contributed by atoms with Crippen molar-refractivity contribution in [3.05, 3.63) is 29.0 Å². The Hall–Kier alpha value is -1.62. The van der Waals surface area contributed by atoms with Crippen molar-refractivity contribution >= 4 is 23.5 Å². The summed E-state index contributed by atoms with van der Waals surface area (Å²) in [6.07, 6.45) is 2.75. The van der Waals surface area contributed by atoms with Crippen LogP contribution in [-0.4, -0.2) is 30.0 Å². The van der Waals surface area contributed by atoms with E-state index in [1.165, 1.54) is 13.3 Å². The number of hydrogen-bond acceptors (Lipinski definition) is 4. The normalized spacial score (nSPS) is 11.7. The number of esters is 1. The molecule has 6 heteroatoms. The van der Waals surface area contributed by atoms with Crippen LogP contribution >= 0.6 is 11.6 Å². The van der Waals surface area contributed by atoms with Crippen LogP contribution in [0, 0.1) is 0 Å². The molecule has 0 bridgehead atoms. The van der Waals surface area contributed by atoms with E-state index in [4.69, 9.17) is 11.6 Å². The summed E-state index contributed by atoms with van der Waals surface area (Å²) in [5, 5.41) is 2.69. The molecule has 1 amide bonds. The highest BCUT2D eigenvalue weighted by atomic mass is 35.5. The van der Waals surface area contributed by atoms with E-state index in [1.807, 2.05) is 6.92 Å². The molecule has 1 N–H and O–H groups in total. The maximum atomic E-state index is 11.9. The third kappa shape index (κ3) is 3.70. The minimum atomic E-state index is -0.663. The lowest BCUT2D eigenvalue weighted by Gasteiger charge is -2.15. The Balaban J connectivity index is 2.79. The van der Waals surface area contributed by atoms with Crippen molar-refractivity contribution < 1.29 is 14.3 Å². The summed E-state index contributed by atoms with van der Waals surface area (Å²) in [5.41, 5.74) is 0.240. The van der Waals surface area contributed by atoms with Crippen LogP contribution in [0.15, 0.2) is 18.3 Å². The van der Waals surface area contributed by atoms with Gasteiger partial charge in [-0.15, -0.1) is 0 Å². The molecule has 18 heavy (non-hydrogen) atoms. The maximum absolute atomic E-state index is 11.9. The van der Waals surface area contributed by atoms with E-state index in [1.54, 1.807) is 12.1 Å². The molecule has 1 atom stereocenters. The number of carbonyl (C=O) groups excluding carboxylic acids is 2. The number of pyridine rings is 1. The fourth-order valence-electron chi connectivity index (χ4n) is 1.47. The van der Waals surface area contributed by atoms with E-state index in [0.29, 0.717) is 6.42 Å². The van der Waals surface area contributed by atoms with Gasteiger partial charge in [-0.3, -0.25) is 4.79 Å². The van der Waals surface area contributed by atoms with Gasteiger partial charge in [0, 0.05) is 6.20 Å². The van der Waals surface area contributed by atoms with Gasteiger partial charge in [0.25, 0.3) is 5.91 Å². The first-order chi connectivity index (χ1) is 8.60. The monoisotopic (exact) mass is 270 g/mol. The van der Waals surface area contributed by atoms with E-state index in [-0.39, 0.29) is 10.7 Å². The van der Waals surface area contributed by atoms with E-state index in [2.05, 4.69) is 15.0 Å². The largest absolute Gasteiger partial charge is 0.467 e. The second kappa shape index (κ2) is 6.96. The number of amides is 1. The van der Waals surface area contributed by atoms with Crippen LogP contribution in [0.4, 0.5) is 0 Å². The van der Waals surface area contributed by atoms with Crippen LogP contribution < -0.4 is 5.32 Å². The minimum Gasteiger partial charge on any atom is -0.467 e. The van der Waals surface area contributed by atoms with Gasteiger partial charge in [0.15, 0.2) is 0 Å². The van der Waals surface area contributed by atoms with Crippen LogP contribution in [0.5, 0.6) is 0 Å². The van der Waals surface area contributed by atoms with Gasteiger partial charge < -0.3 is 10.1 Å². The molecule has 98 valence electrons. The average molecular weight is 271 g/mol. The fourth-order valence-corrected chi connectivity index (χ4v) is 1.68. The van der Waals surface area contributed by atoms with Crippen LogP contribution in [0.25, 0.3) is 0 Å². The van der Waals surface area contributed by atoms with Gasteiger partial charge in [-0.1, -0.05) is 24.9 Å². The zero-order chi connectivity index (χ0) is 13.5. The van der Waals surface area contributed by atoms with E-state index < -0.39 is 17.9 Å². The van der Waals surface area contributed by atoms with Crippen LogP contribution in [-0.2, 0) is 9.53 Å². The van der Waals surface area contributed by atoms with Gasteiger partial charge in [-0.2, -0.15) is 0 Å². The Kier molecular flexibility index (Phi) is 5.58. The van der Waals surface area contributed by atoms with Crippen molar-refractivity contribution in [3.63, 3.8) is 0 Å². The Morgan fingerprint density at radius 1 is 1.56 bits per heavy atom. The van der Waals surface area contributed by atoms with Gasteiger partial charge in [-0.05, 0) is 18.6 Å². The molecule has 1 aromatic heterocycles. The second-order valence-corrected chi connectivity index (χ2v) is 4.04. The van der Waals surface area contributed by atoms with Crippen LogP contribution in [0.3, 0.4) is 0 Å². The number of halogens is 1. The number of aromatic nitrogens is 1. The molecule has 0 saturated heterocycles. The van der Waals surface area contributed by atoms with Crippen molar-refractivity contribution in [2.75, 3.05) is 7.11 Å². The number of ether oxygens (including phenoxy) is 1. The summed E-state index contributed by atoms with van der Waals surface area (Å²) in [4.78, 5) is 27.2. The molecule has 0 radical (unpaired) electrons. The summed E-state index contributed by atoms with van der Waals surface area (Å²) < 4.78 is 4.63. The Bertz CT molecular complexity index is 437. The molecule has 0 saturated carbocycles. The highest BCUT2D eigenvalue weighted by Gasteiger charge is 2.22. The summed E-state index contributed by atoms with van der Waals surface area (Å²) in [6.45, 7) is 1.92. The summed E-state index contributed by atoms with van der Waals surface area (Å²) in [5.74, 6) is -0.901. The number of carbonyl (C=O) groups is 2. The average Bonchev–Trinajstić information content (AvgIpc) is 2.37. The predicted molar refractivity (Wildman–Crippen MR) is 67.4 cm³/mol. The van der Waals surface area contributed by atoms with Crippen LogP contribution in [0.2, 0.25) is 5.15 Å². The Morgan fingerprint density at radius 3 is 2.83 bits per heavy atom. The molecule has 0 aromatic carbocycles. The van der Waals surface area contributed by atoms with Crippen LogP contribution in [0.1, 0.15) is 30.1 Å². The smallest absolute Gasteiger partial charge is 0.328 e. The van der Waals surface area contributed by atoms with E-state index in [0.717, 1.165) is 6.42 Å². The topological polar surface area (TPSA) is 68.3 Å². The maximum Gasteiger partial charge on any atom is 0.328 e. The first-order valence-electron chi connectivity index (χ1n) is 5.59. The molecule has 0 aliphatic heterocycles. The Morgan fingerprint density at radius 2 is 2.28 bits per heavy atom. The van der Waals surface area contributed by atoms with Gasteiger partial charge in [-0.25, -0.2) is 9.78 Å².